The van der Waals surface area contributed by atoms with Crippen molar-refractivity contribution in [3.63, 3.8) is 0 Å². The van der Waals surface area contributed by atoms with Crippen molar-refractivity contribution in [1.82, 2.24) is 25.2 Å². The van der Waals surface area contributed by atoms with Gasteiger partial charge in [-0.3, -0.25) is 4.79 Å². The van der Waals surface area contributed by atoms with E-state index in [1.54, 1.807) is 0 Å². The highest BCUT2D eigenvalue weighted by atomic mass is 16.5. The molecule has 3 heterocycles. The third-order valence-electron chi connectivity index (χ3n) is 6.64. The van der Waals surface area contributed by atoms with Gasteiger partial charge in [0, 0.05) is 23.3 Å². The molecule has 1 aromatic carbocycles. The number of aryl methyl sites for hydroxylation is 1. The number of pyridine rings is 1. The molecule has 3 aromatic rings. The molecule has 8 nitrogen and oxygen atoms in total. The number of H-pyrrole nitrogens is 1. The van der Waals surface area contributed by atoms with Crippen molar-refractivity contribution in [2.24, 2.45) is 0 Å². The van der Waals surface area contributed by atoms with Gasteiger partial charge in [0.25, 0.3) is 5.91 Å². The highest BCUT2D eigenvalue weighted by molar-refractivity contribution is 5.89. The average molecular weight is 465 g/mol. The number of likely N-dealkylation sites (tertiary alicyclic amines) is 1. The summed E-state index contributed by atoms with van der Waals surface area (Å²) in [6.07, 6.45) is 4.98. The van der Waals surface area contributed by atoms with Gasteiger partial charge in [-0.1, -0.05) is 6.92 Å². The van der Waals surface area contributed by atoms with Crippen molar-refractivity contribution < 1.29 is 9.53 Å². The Morgan fingerprint density at radius 2 is 1.94 bits per heavy atom. The number of nitrogens with zero attached hydrogens (tertiary/aromatic N) is 3. The molecule has 34 heavy (non-hydrogen) atoms. The smallest absolute Gasteiger partial charge is 0.258 e. The number of fused-ring (bicyclic) bond motifs is 1. The van der Waals surface area contributed by atoms with E-state index in [-0.39, 0.29) is 18.1 Å². The van der Waals surface area contributed by atoms with Crippen LogP contribution in [0.25, 0.3) is 22.6 Å². The highest BCUT2D eigenvalue weighted by Crippen LogP contribution is 2.29. The number of aromatic amines is 1. The SMILES string of the molecule is CCC(C)(C)NC(=O)COc1ccc(-c2nc3ncc(C)c(NC4CCN(C)CC4)c3[nH]2)cc1. The van der Waals surface area contributed by atoms with Crippen molar-refractivity contribution in [3.05, 3.63) is 36.0 Å². The first kappa shape index (κ1) is 24.0. The van der Waals surface area contributed by atoms with Crippen LogP contribution in [0.2, 0.25) is 0 Å². The zero-order chi connectivity index (χ0) is 24.3. The van der Waals surface area contributed by atoms with Crippen molar-refractivity contribution in [1.29, 1.82) is 0 Å². The van der Waals surface area contributed by atoms with Gasteiger partial charge < -0.3 is 25.3 Å². The first-order valence-corrected chi connectivity index (χ1v) is 12.1. The summed E-state index contributed by atoms with van der Waals surface area (Å²) in [5.41, 5.74) is 4.52. The lowest BCUT2D eigenvalue weighted by atomic mass is 10.0. The van der Waals surface area contributed by atoms with Crippen LogP contribution < -0.4 is 15.4 Å². The van der Waals surface area contributed by atoms with Crippen molar-refractivity contribution >= 4 is 22.8 Å². The number of aromatic nitrogens is 3. The minimum Gasteiger partial charge on any atom is -0.484 e. The van der Waals surface area contributed by atoms with E-state index in [0.717, 1.165) is 60.5 Å². The number of rotatable bonds is 8. The third-order valence-corrected chi connectivity index (χ3v) is 6.64. The maximum absolute atomic E-state index is 12.1. The van der Waals surface area contributed by atoms with E-state index in [4.69, 9.17) is 9.72 Å². The summed E-state index contributed by atoms with van der Waals surface area (Å²) in [6, 6.07) is 8.05. The summed E-state index contributed by atoms with van der Waals surface area (Å²) in [7, 11) is 2.17. The quantitative estimate of drug-likeness (QED) is 0.464. The van der Waals surface area contributed by atoms with Crippen LogP contribution in [-0.4, -0.2) is 64.1 Å². The van der Waals surface area contributed by atoms with Gasteiger partial charge in [-0.2, -0.15) is 0 Å². The molecule has 3 N–H and O–H groups in total. The van der Waals surface area contributed by atoms with Gasteiger partial charge in [-0.15, -0.1) is 0 Å². The molecule has 0 atom stereocenters. The number of benzene rings is 1. The van der Waals surface area contributed by atoms with Crippen LogP contribution in [0.3, 0.4) is 0 Å². The molecule has 1 amide bonds. The highest BCUT2D eigenvalue weighted by Gasteiger charge is 2.20. The van der Waals surface area contributed by atoms with Crippen LogP contribution in [0.5, 0.6) is 5.75 Å². The molecule has 0 unspecified atom stereocenters. The number of ether oxygens (including phenoxy) is 1. The summed E-state index contributed by atoms with van der Waals surface area (Å²) in [5.74, 6) is 1.27. The molecule has 1 fully saturated rings. The van der Waals surface area contributed by atoms with Crippen LogP contribution >= 0.6 is 0 Å². The predicted molar refractivity (Wildman–Crippen MR) is 136 cm³/mol. The fourth-order valence-electron chi connectivity index (χ4n) is 4.09. The molecule has 1 saturated heterocycles. The molecule has 0 spiro atoms. The summed E-state index contributed by atoms with van der Waals surface area (Å²) in [5, 5.41) is 6.71. The fourth-order valence-corrected chi connectivity index (χ4v) is 4.09. The van der Waals surface area contributed by atoms with Gasteiger partial charge >= 0.3 is 0 Å². The zero-order valence-corrected chi connectivity index (χ0v) is 20.9. The molecule has 0 radical (unpaired) electrons. The van der Waals surface area contributed by atoms with Crippen LogP contribution in [0.1, 0.15) is 45.6 Å². The standard InChI is InChI=1S/C26H36N6O2/c1-6-26(3,4)31-21(33)16-34-20-9-7-18(8-10-20)24-29-23-22(17(2)15-27-25(23)30-24)28-19-11-13-32(5)14-12-19/h7-10,15,19H,6,11-14,16H2,1-5H3,(H,31,33)(H2,27,28,29,30). The van der Waals surface area contributed by atoms with Gasteiger partial charge in [0.05, 0.1) is 5.69 Å². The van der Waals surface area contributed by atoms with E-state index in [0.29, 0.717) is 17.4 Å². The van der Waals surface area contributed by atoms with Crippen molar-refractivity contribution in [2.45, 2.75) is 58.5 Å². The zero-order valence-electron chi connectivity index (χ0n) is 20.9. The van der Waals surface area contributed by atoms with E-state index >= 15 is 0 Å². The van der Waals surface area contributed by atoms with Gasteiger partial charge in [0.2, 0.25) is 0 Å². The molecule has 182 valence electrons. The Morgan fingerprint density at radius 3 is 2.62 bits per heavy atom. The summed E-state index contributed by atoms with van der Waals surface area (Å²) in [6.45, 7) is 10.3. The lowest BCUT2D eigenvalue weighted by Crippen LogP contribution is -2.44. The lowest BCUT2D eigenvalue weighted by Gasteiger charge is -2.30. The minimum atomic E-state index is -0.237. The van der Waals surface area contributed by atoms with E-state index in [1.807, 2.05) is 51.2 Å². The minimum absolute atomic E-state index is 0.0113. The first-order valence-electron chi connectivity index (χ1n) is 12.1. The van der Waals surface area contributed by atoms with Crippen molar-refractivity contribution in [3.8, 4) is 17.1 Å². The molecule has 8 heteroatoms. The van der Waals surface area contributed by atoms with Gasteiger partial charge in [0.15, 0.2) is 12.3 Å². The van der Waals surface area contributed by atoms with Crippen LogP contribution in [0.15, 0.2) is 30.5 Å². The van der Waals surface area contributed by atoms with E-state index in [1.165, 1.54) is 0 Å². The van der Waals surface area contributed by atoms with Gasteiger partial charge in [-0.25, -0.2) is 9.97 Å². The summed E-state index contributed by atoms with van der Waals surface area (Å²) in [4.78, 5) is 27.2. The largest absolute Gasteiger partial charge is 0.484 e. The third kappa shape index (κ3) is 5.67. The number of piperidine rings is 1. The number of amides is 1. The van der Waals surface area contributed by atoms with E-state index in [2.05, 4.69) is 39.5 Å². The number of carbonyl (C=O) groups excluding carboxylic acids is 1. The Morgan fingerprint density at radius 1 is 1.24 bits per heavy atom. The topological polar surface area (TPSA) is 95.2 Å². The van der Waals surface area contributed by atoms with Crippen LogP contribution in [0.4, 0.5) is 5.69 Å². The molecule has 0 aliphatic carbocycles. The van der Waals surface area contributed by atoms with Gasteiger partial charge in [0.1, 0.15) is 17.1 Å². The second kappa shape index (κ2) is 10.0. The number of carbonyl (C=O) groups is 1. The monoisotopic (exact) mass is 464 g/mol. The number of hydrogen-bond donors (Lipinski definition) is 3. The summed E-state index contributed by atoms with van der Waals surface area (Å²) < 4.78 is 5.67. The molecule has 0 bridgehead atoms. The Kier molecular flexibility index (Phi) is 7.07. The molecule has 4 rings (SSSR count). The maximum atomic E-state index is 12.1. The Hall–Kier alpha value is -3.13. The molecular formula is C26H36N6O2. The van der Waals surface area contributed by atoms with E-state index in [9.17, 15) is 4.79 Å². The normalized spacial score (nSPS) is 15.4. The maximum Gasteiger partial charge on any atom is 0.258 e. The van der Waals surface area contributed by atoms with Crippen molar-refractivity contribution in [2.75, 3.05) is 32.1 Å². The Labute approximate surface area is 201 Å². The number of nitrogens with one attached hydrogen (secondary N) is 3. The average Bonchev–Trinajstić information content (AvgIpc) is 3.26. The van der Waals surface area contributed by atoms with Crippen LogP contribution in [-0.2, 0) is 4.79 Å². The Bertz CT molecular complexity index is 1130. The number of imidazole rings is 1. The first-order chi connectivity index (χ1) is 16.2. The predicted octanol–water partition coefficient (Wildman–Crippen LogP) is 4.12. The van der Waals surface area contributed by atoms with E-state index < -0.39 is 0 Å². The molecule has 0 saturated carbocycles. The fraction of sp³-hybridized carbons (Fsp3) is 0.500. The Balaban J connectivity index is 1.46. The number of anilines is 1. The molecule has 1 aliphatic heterocycles. The summed E-state index contributed by atoms with van der Waals surface area (Å²) >= 11 is 0. The molecular weight excluding hydrogens is 428 g/mol. The number of hydrogen-bond acceptors (Lipinski definition) is 6. The molecule has 1 aliphatic rings. The molecule has 2 aromatic heterocycles. The lowest BCUT2D eigenvalue weighted by molar-refractivity contribution is -0.124. The second-order valence-electron chi connectivity index (χ2n) is 9.92. The van der Waals surface area contributed by atoms with Gasteiger partial charge in [-0.05, 0) is 90.0 Å². The second-order valence-corrected chi connectivity index (χ2v) is 9.92. The van der Waals surface area contributed by atoms with Crippen LogP contribution in [0, 0.1) is 6.92 Å².